The molecule has 2 rings (SSSR count). The van der Waals surface area contributed by atoms with Gasteiger partial charge in [0.05, 0.1) is 23.5 Å². The van der Waals surface area contributed by atoms with Crippen molar-refractivity contribution in [3.8, 4) is 11.5 Å². The van der Waals surface area contributed by atoms with E-state index in [1.807, 2.05) is 37.3 Å². The van der Waals surface area contributed by atoms with Gasteiger partial charge in [-0.3, -0.25) is 5.43 Å². The molecule has 2 N–H and O–H groups in total. The molecule has 0 aromatic heterocycles. The minimum atomic E-state index is -1.09. The van der Waals surface area contributed by atoms with Crippen LogP contribution in [0, 0.1) is 0 Å². The first kappa shape index (κ1) is 18.6. The number of nitrogens with one attached hydrogen (secondary N) is 1. The zero-order valence-electron chi connectivity index (χ0n) is 13.9. The van der Waals surface area contributed by atoms with Crippen molar-refractivity contribution >= 4 is 29.5 Å². The maximum absolute atomic E-state index is 11.0. The van der Waals surface area contributed by atoms with Gasteiger partial charge in [-0.2, -0.15) is 5.10 Å². The van der Waals surface area contributed by atoms with Gasteiger partial charge < -0.3 is 14.6 Å². The van der Waals surface area contributed by atoms with E-state index in [9.17, 15) is 4.79 Å². The summed E-state index contributed by atoms with van der Waals surface area (Å²) < 4.78 is 10.9. The molecule has 1 atom stereocenters. The first-order valence-corrected chi connectivity index (χ1v) is 8.09. The van der Waals surface area contributed by atoms with Gasteiger partial charge in [0, 0.05) is 0 Å². The van der Waals surface area contributed by atoms with E-state index in [2.05, 4.69) is 10.5 Å². The zero-order chi connectivity index (χ0) is 18.2. The molecule has 2 aromatic carbocycles. The van der Waals surface area contributed by atoms with E-state index in [1.165, 1.54) is 6.92 Å². The van der Waals surface area contributed by atoms with Crippen molar-refractivity contribution in [2.75, 3.05) is 12.0 Å². The van der Waals surface area contributed by atoms with Crippen LogP contribution >= 0.6 is 11.6 Å². The number of carboxylic acids is 1. The second kappa shape index (κ2) is 8.94. The van der Waals surface area contributed by atoms with Crippen LogP contribution in [-0.2, 0) is 4.79 Å². The smallest absolute Gasteiger partial charge is 0.344 e. The lowest BCUT2D eigenvalue weighted by molar-refractivity contribution is -0.144. The van der Waals surface area contributed by atoms with E-state index in [0.29, 0.717) is 17.9 Å². The fraction of sp³-hybridized carbons (Fsp3) is 0.222. The van der Waals surface area contributed by atoms with E-state index in [4.69, 9.17) is 26.2 Å². The average molecular weight is 363 g/mol. The number of halogens is 1. The molecular formula is C18H19ClN2O4. The lowest BCUT2D eigenvalue weighted by atomic mass is 10.2. The number of carboxylic acid groups (broad SMARTS) is 1. The van der Waals surface area contributed by atoms with Crippen LogP contribution in [0.15, 0.2) is 47.6 Å². The Morgan fingerprint density at radius 1 is 1.36 bits per heavy atom. The van der Waals surface area contributed by atoms with Crippen molar-refractivity contribution in [2.45, 2.75) is 20.0 Å². The number of aliphatic carboxylic acids is 1. The van der Waals surface area contributed by atoms with Gasteiger partial charge in [-0.25, -0.2) is 4.79 Å². The highest BCUT2D eigenvalue weighted by Gasteiger charge is 2.19. The Bertz CT molecular complexity index is 750. The Labute approximate surface area is 151 Å². The van der Waals surface area contributed by atoms with E-state index in [0.717, 1.165) is 5.69 Å². The number of nitrogens with zero attached hydrogens (tertiary/aromatic N) is 1. The summed E-state index contributed by atoms with van der Waals surface area (Å²) in [4.78, 5) is 11.0. The Morgan fingerprint density at radius 3 is 2.72 bits per heavy atom. The van der Waals surface area contributed by atoms with Crippen LogP contribution < -0.4 is 14.9 Å². The summed E-state index contributed by atoms with van der Waals surface area (Å²) in [6, 6.07) is 12.8. The number of anilines is 1. The van der Waals surface area contributed by atoms with Gasteiger partial charge in [0.1, 0.15) is 0 Å². The normalized spacial score (nSPS) is 12.0. The maximum Gasteiger partial charge on any atom is 0.344 e. The van der Waals surface area contributed by atoms with E-state index in [1.54, 1.807) is 18.3 Å². The van der Waals surface area contributed by atoms with Crippen molar-refractivity contribution in [3.05, 3.63) is 53.1 Å². The molecule has 7 heteroatoms. The molecule has 0 radical (unpaired) electrons. The number of benzene rings is 2. The van der Waals surface area contributed by atoms with Crippen molar-refractivity contribution < 1.29 is 19.4 Å². The molecule has 132 valence electrons. The summed E-state index contributed by atoms with van der Waals surface area (Å²) in [6.07, 6.45) is 0.544. The first-order valence-electron chi connectivity index (χ1n) is 7.71. The molecule has 0 bridgehead atoms. The summed E-state index contributed by atoms with van der Waals surface area (Å²) in [7, 11) is 0. The molecule has 0 amide bonds. The molecule has 0 aliphatic carbocycles. The van der Waals surface area contributed by atoms with Crippen LogP contribution in [0.4, 0.5) is 5.69 Å². The van der Waals surface area contributed by atoms with Gasteiger partial charge in [0.15, 0.2) is 17.6 Å². The Balaban J connectivity index is 2.21. The summed E-state index contributed by atoms with van der Waals surface area (Å²) in [5, 5.41) is 13.4. The van der Waals surface area contributed by atoms with Crippen molar-refractivity contribution in [2.24, 2.45) is 5.10 Å². The molecule has 0 spiro atoms. The molecule has 0 heterocycles. The maximum atomic E-state index is 11.0. The highest BCUT2D eigenvalue weighted by Crippen LogP contribution is 2.37. The molecule has 25 heavy (non-hydrogen) atoms. The van der Waals surface area contributed by atoms with Crippen LogP contribution in [0.3, 0.4) is 0 Å². The summed E-state index contributed by atoms with van der Waals surface area (Å²) in [5.74, 6) is -0.521. The molecule has 0 saturated carbocycles. The third kappa shape index (κ3) is 5.39. The molecule has 0 aliphatic heterocycles. The monoisotopic (exact) mass is 362 g/mol. The lowest BCUT2D eigenvalue weighted by Crippen LogP contribution is -2.23. The van der Waals surface area contributed by atoms with E-state index < -0.39 is 12.1 Å². The Morgan fingerprint density at radius 2 is 2.08 bits per heavy atom. The van der Waals surface area contributed by atoms with Crippen LogP contribution in [0.25, 0.3) is 0 Å². The molecule has 0 saturated heterocycles. The molecule has 0 aliphatic rings. The summed E-state index contributed by atoms with van der Waals surface area (Å²) in [5.41, 5.74) is 4.44. The summed E-state index contributed by atoms with van der Waals surface area (Å²) >= 11 is 6.23. The van der Waals surface area contributed by atoms with Gasteiger partial charge in [0.25, 0.3) is 0 Å². The zero-order valence-corrected chi connectivity index (χ0v) is 14.7. The Kier molecular flexibility index (Phi) is 6.65. The van der Waals surface area contributed by atoms with Crippen molar-refractivity contribution in [1.29, 1.82) is 0 Å². The van der Waals surface area contributed by atoms with Crippen LogP contribution in [0.1, 0.15) is 19.4 Å². The van der Waals surface area contributed by atoms with Gasteiger partial charge in [-0.05, 0) is 43.7 Å². The second-order valence-corrected chi connectivity index (χ2v) is 5.50. The third-order valence-electron chi connectivity index (χ3n) is 3.16. The van der Waals surface area contributed by atoms with E-state index >= 15 is 0 Å². The number of carbonyl (C=O) groups is 1. The van der Waals surface area contributed by atoms with Crippen LogP contribution in [-0.4, -0.2) is 30.0 Å². The number of ether oxygens (including phenoxy) is 2. The standard InChI is InChI=1S/C18H19ClN2O4/c1-3-24-16-10-13(11-20-21-14-7-5-4-6-8-14)9-15(19)17(16)25-12(2)18(22)23/h4-12,21H,3H2,1-2H3,(H,22,23). The number of rotatable bonds is 8. The van der Waals surface area contributed by atoms with Gasteiger partial charge in [-0.15, -0.1) is 0 Å². The average Bonchev–Trinajstić information content (AvgIpc) is 2.59. The minimum Gasteiger partial charge on any atom is -0.490 e. The number of hydrogen-bond acceptors (Lipinski definition) is 5. The fourth-order valence-corrected chi connectivity index (χ4v) is 2.22. The largest absolute Gasteiger partial charge is 0.490 e. The number of para-hydroxylation sites is 1. The fourth-order valence-electron chi connectivity index (χ4n) is 1.96. The quantitative estimate of drug-likeness (QED) is 0.547. The van der Waals surface area contributed by atoms with Crippen molar-refractivity contribution in [3.63, 3.8) is 0 Å². The second-order valence-electron chi connectivity index (χ2n) is 5.10. The van der Waals surface area contributed by atoms with Gasteiger partial charge >= 0.3 is 5.97 Å². The predicted octanol–water partition coefficient (Wildman–Crippen LogP) is 4.04. The van der Waals surface area contributed by atoms with Crippen molar-refractivity contribution in [1.82, 2.24) is 0 Å². The molecule has 6 nitrogen and oxygen atoms in total. The van der Waals surface area contributed by atoms with E-state index in [-0.39, 0.29) is 10.8 Å². The lowest BCUT2D eigenvalue weighted by Gasteiger charge is -2.16. The SMILES string of the molecule is CCOc1cc(C=NNc2ccccc2)cc(Cl)c1OC(C)C(=O)O. The Hall–Kier alpha value is -2.73. The highest BCUT2D eigenvalue weighted by molar-refractivity contribution is 6.32. The molecule has 1 unspecified atom stereocenters. The first-order chi connectivity index (χ1) is 12.0. The third-order valence-corrected chi connectivity index (χ3v) is 3.44. The van der Waals surface area contributed by atoms with Gasteiger partial charge in [0.2, 0.25) is 0 Å². The van der Waals surface area contributed by atoms with Gasteiger partial charge in [-0.1, -0.05) is 29.8 Å². The molecule has 0 fully saturated rings. The van der Waals surface area contributed by atoms with Crippen LogP contribution in [0.2, 0.25) is 5.02 Å². The predicted molar refractivity (Wildman–Crippen MR) is 98.0 cm³/mol. The highest BCUT2D eigenvalue weighted by atomic mass is 35.5. The summed E-state index contributed by atoms with van der Waals surface area (Å²) in [6.45, 7) is 3.63. The number of hydrogen-bond donors (Lipinski definition) is 2. The number of hydrazone groups is 1. The minimum absolute atomic E-state index is 0.201. The molecular weight excluding hydrogens is 344 g/mol. The van der Waals surface area contributed by atoms with Crippen LogP contribution in [0.5, 0.6) is 11.5 Å². The molecule has 2 aromatic rings. The topological polar surface area (TPSA) is 80.1 Å².